The first-order valence-electron chi connectivity index (χ1n) is 7.11. The highest BCUT2D eigenvalue weighted by atomic mass is 19.4. The Bertz CT molecular complexity index is 859. The van der Waals surface area contributed by atoms with E-state index in [0.29, 0.717) is 6.07 Å². The minimum Gasteiger partial charge on any atom is -0.462 e. The lowest BCUT2D eigenvalue weighted by molar-refractivity contribution is -0.274. The predicted octanol–water partition coefficient (Wildman–Crippen LogP) is 4.07. The van der Waals surface area contributed by atoms with Gasteiger partial charge in [0.1, 0.15) is 11.3 Å². The molecule has 1 aromatic carbocycles. The molecule has 0 aliphatic heterocycles. The summed E-state index contributed by atoms with van der Waals surface area (Å²) in [6, 6.07) is 3.59. The van der Waals surface area contributed by atoms with Crippen molar-refractivity contribution in [1.82, 2.24) is 4.98 Å². The average molecular weight is 369 g/mol. The predicted molar refractivity (Wildman–Crippen MR) is 81.3 cm³/mol. The number of nitrogens with zero attached hydrogens (tertiary/aromatic N) is 1. The van der Waals surface area contributed by atoms with Crippen molar-refractivity contribution < 1.29 is 36.6 Å². The minimum absolute atomic E-state index is 0.0506. The van der Waals surface area contributed by atoms with Crippen molar-refractivity contribution >= 4 is 5.97 Å². The minimum atomic E-state index is -4.96. The Balaban J connectivity index is 2.37. The van der Waals surface area contributed by atoms with Crippen molar-refractivity contribution in [2.75, 3.05) is 6.61 Å². The monoisotopic (exact) mass is 369 g/mol. The topological polar surface area (TPSA) is 57.7 Å². The molecule has 136 valence electrons. The van der Waals surface area contributed by atoms with E-state index in [1.165, 1.54) is 12.3 Å². The molecule has 0 atom stereocenters. The number of alkyl halides is 3. The first kappa shape index (κ1) is 19.1. The van der Waals surface area contributed by atoms with E-state index in [9.17, 15) is 22.4 Å². The Morgan fingerprint density at radius 1 is 1.31 bits per heavy atom. The van der Waals surface area contributed by atoms with Gasteiger partial charge in [-0.15, -0.1) is 19.6 Å². The number of benzene rings is 1. The zero-order chi connectivity index (χ0) is 19.3. The third kappa shape index (κ3) is 4.63. The van der Waals surface area contributed by atoms with Crippen molar-refractivity contribution in [2.24, 2.45) is 0 Å². The fourth-order valence-corrected chi connectivity index (χ4v) is 1.91. The second kappa shape index (κ2) is 7.74. The van der Waals surface area contributed by atoms with Crippen LogP contribution >= 0.6 is 0 Å². The summed E-state index contributed by atoms with van der Waals surface area (Å²) in [5, 5.41) is 0. The van der Waals surface area contributed by atoms with Crippen molar-refractivity contribution in [2.45, 2.75) is 13.3 Å². The van der Waals surface area contributed by atoms with Crippen LogP contribution in [0.4, 0.5) is 17.6 Å². The van der Waals surface area contributed by atoms with E-state index in [1.807, 2.05) is 0 Å². The zero-order valence-corrected chi connectivity index (χ0v) is 13.3. The molecule has 5 nitrogen and oxygen atoms in total. The molecule has 2 rings (SSSR count). The Morgan fingerprint density at radius 2 is 2.04 bits per heavy atom. The molecule has 0 amide bonds. The van der Waals surface area contributed by atoms with E-state index in [-0.39, 0.29) is 23.6 Å². The summed E-state index contributed by atoms with van der Waals surface area (Å²) in [5.41, 5.74) is -0.0993. The number of carbonyl (C=O) groups excluding carboxylic acids is 1. The average Bonchev–Trinajstić information content (AvgIpc) is 2.55. The van der Waals surface area contributed by atoms with Crippen LogP contribution in [-0.4, -0.2) is 23.9 Å². The Labute approximate surface area is 145 Å². The zero-order valence-electron chi connectivity index (χ0n) is 13.3. The third-order valence-electron chi connectivity index (χ3n) is 2.89. The highest BCUT2D eigenvalue weighted by Crippen LogP contribution is 2.31. The SMILES string of the molecule is C#Cc1ccnc(Oc2ccc(OC(F)(F)F)cc2F)c1C(=O)OCC. The number of pyridine rings is 1. The molecule has 0 N–H and O–H groups in total. The normalized spacial score (nSPS) is 10.8. The molecule has 1 heterocycles. The van der Waals surface area contributed by atoms with Crippen LogP contribution in [0.3, 0.4) is 0 Å². The summed E-state index contributed by atoms with van der Waals surface area (Å²) >= 11 is 0. The number of hydrogen-bond acceptors (Lipinski definition) is 5. The summed E-state index contributed by atoms with van der Waals surface area (Å²) in [5.74, 6) is -1.33. The second-order valence-electron chi connectivity index (χ2n) is 4.65. The summed E-state index contributed by atoms with van der Waals surface area (Å²) in [6.45, 7) is 1.62. The molecule has 26 heavy (non-hydrogen) atoms. The maximum atomic E-state index is 14.0. The summed E-state index contributed by atoms with van der Waals surface area (Å²) < 4.78 is 64.2. The molecule has 0 saturated carbocycles. The number of esters is 1. The number of terminal acetylenes is 1. The van der Waals surface area contributed by atoms with E-state index in [0.717, 1.165) is 12.1 Å². The van der Waals surface area contributed by atoms with Crippen molar-refractivity contribution in [3.8, 4) is 29.7 Å². The summed E-state index contributed by atoms with van der Waals surface area (Å²) in [4.78, 5) is 15.9. The van der Waals surface area contributed by atoms with Gasteiger partial charge in [0.25, 0.3) is 0 Å². The quantitative estimate of drug-likeness (QED) is 0.452. The molecular weight excluding hydrogens is 358 g/mol. The first-order chi connectivity index (χ1) is 12.2. The number of carbonyl (C=O) groups is 1. The van der Waals surface area contributed by atoms with Gasteiger partial charge in [0.05, 0.1) is 6.61 Å². The van der Waals surface area contributed by atoms with Crippen LogP contribution in [0.5, 0.6) is 17.4 Å². The van der Waals surface area contributed by atoms with Crippen LogP contribution in [0.15, 0.2) is 30.5 Å². The highest BCUT2D eigenvalue weighted by Gasteiger charge is 2.31. The number of ether oxygens (including phenoxy) is 3. The third-order valence-corrected chi connectivity index (χ3v) is 2.89. The molecule has 0 spiro atoms. The number of hydrogen-bond donors (Lipinski definition) is 0. The Hall–Kier alpha value is -3.28. The van der Waals surface area contributed by atoms with Crippen LogP contribution in [0.1, 0.15) is 22.8 Å². The van der Waals surface area contributed by atoms with E-state index < -0.39 is 29.6 Å². The maximum absolute atomic E-state index is 14.0. The molecule has 0 aliphatic rings. The van der Waals surface area contributed by atoms with E-state index in [2.05, 4.69) is 15.6 Å². The van der Waals surface area contributed by atoms with Gasteiger partial charge in [-0.1, -0.05) is 5.92 Å². The molecule has 0 unspecified atom stereocenters. The van der Waals surface area contributed by atoms with Crippen LogP contribution < -0.4 is 9.47 Å². The van der Waals surface area contributed by atoms with Gasteiger partial charge in [0.2, 0.25) is 5.88 Å². The number of halogens is 4. The number of rotatable bonds is 5. The van der Waals surface area contributed by atoms with E-state index >= 15 is 0 Å². The van der Waals surface area contributed by atoms with Gasteiger partial charge in [-0.3, -0.25) is 0 Å². The second-order valence-corrected chi connectivity index (χ2v) is 4.65. The van der Waals surface area contributed by atoms with Gasteiger partial charge in [0.15, 0.2) is 11.6 Å². The van der Waals surface area contributed by atoms with E-state index in [1.54, 1.807) is 6.92 Å². The van der Waals surface area contributed by atoms with Gasteiger partial charge in [0, 0.05) is 17.8 Å². The molecule has 0 radical (unpaired) electrons. The lowest BCUT2D eigenvalue weighted by atomic mass is 10.1. The molecule has 0 bridgehead atoms. The van der Waals surface area contributed by atoms with Crippen LogP contribution in [-0.2, 0) is 4.74 Å². The van der Waals surface area contributed by atoms with Crippen LogP contribution in [0, 0.1) is 18.2 Å². The van der Waals surface area contributed by atoms with Crippen LogP contribution in [0.2, 0.25) is 0 Å². The van der Waals surface area contributed by atoms with Crippen molar-refractivity contribution in [3.05, 3.63) is 47.4 Å². The first-order valence-corrected chi connectivity index (χ1v) is 7.11. The van der Waals surface area contributed by atoms with Gasteiger partial charge >= 0.3 is 12.3 Å². The fourth-order valence-electron chi connectivity index (χ4n) is 1.91. The molecule has 2 aromatic rings. The summed E-state index contributed by atoms with van der Waals surface area (Å²) in [6.07, 6.45) is 1.58. The lowest BCUT2D eigenvalue weighted by Gasteiger charge is -2.13. The Morgan fingerprint density at radius 3 is 2.62 bits per heavy atom. The molecule has 0 saturated heterocycles. The van der Waals surface area contributed by atoms with Crippen molar-refractivity contribution in [3.63, 3.8) is 0 Å². The fraction of sp³-hybridized carbons (Fsp3) is 0.176. The van der Waals surface area contributed by atoms with Gasteiger partial charge in [-0.05, 0) is 25.1 Å². The summed E-state index contributed by atoms with van der Waals surface area (Å²) in [7, 11) is 0. The maximum Gasteiger partial charge on any atom is 0.573 e. The molecule has 0 aliphatic carbocycles. The lowest BCUT2D eigenvalue weighted by Crippen LogP contribution is -2.17. The largest absolute Gasteiger partial charge is 0.573 e. The Kier molecular flexibility index (Phi) is 5.67. The molecular formula is C17H11F4NO4. The standard InChI is InChI=1S/C17H11F4NO4/c1-3-10-7-8-22-15(14(10)16(23)24-4-2)25-13-6-5-11(9-12(13)18)26-17(19,20)21/h1,5-9H,4H2,2H3. The van der Waals surface area contributed by atoms with Gasteiger partial charge < -0.3 is 14.2 Å². The molecule has 9 heteroatoms. The molecule has 0 fully saturated rings. The highest BCUT2D eigenvalue weighted by molar-refractivity contribution is 5.94. The van der Waals surface area contributed by atoms with Crippen molar-refractivity contribution in [1.29, 1.82) is 0 Å². The van der Waals surface area contributed by atoms with Gasteiger partial charge in [-0.25, -0.2) is 14.2 Å². The van der Waals surface area contributed by atoms with Crippen LogP contribution in [0.25, 0.3) is 0 Å². The van der Waals surface area contributed by atoms with Gasteiger partial charge in [-0.2, -0.15) is 0 Å². The van der Waals surface area contributed by atoms with E-state index in [4.69, 9.17) is 15.9 Å². The molecule has 1 aromatic heterocycles. The number of aromatic nitrogens is 1. The smallest absolute Gasteiger partial charge is 0.462 e.